The largest absolute Gasteiger partial charge is 0.376 e. The topological polar surface area (TPSA) is 9.23 Å². The highest BCUT2D eigenvalue weighted by Crippen LogP contribution is 2.16. The molecule has 1 rings (SSSR count). The lowest BCUT2D eigenvalue weighted by atomic mass is 10.0. The van der Waals surface area contributed by atoms with Crippen LogP contribution in [0.5, 0.6) is 0 Å². The van der Waals surface area contributed by atoms with Crippen LogP contribution in [0, 0.1) is 5.92 Å². The molecule has 0 aliphatic heterocycles. The van der Waals surface area contributed by atoms with Crippen molar-refractivity contribution in [2.75, 3.05) is 6.61 Å². The standard InChI is InChI=1S/C16H23ClO/c1-3-15(11-17)10-9-14(2)12-18-13-16-7-5-4-6-8-16/h4-8,11,14H,3,9-10,12-13H2,1-2H3/b15-11+/t14-/m0/s1. The van der Waals surface area contributed by atoms with E-state index in [1.165, 1.54) is 11.1 Å². The van der Waals surface area contributed by atoms with Crippen molar-refractivity contribution < 1.29 is 4.74 Å². The summed E-state index contributed by atoms with van der Waals surface area (Å²) in [5, 5.41) is 0. The maximum atomic E-state index is 5.74. The average molecular weight is 267 g/mol. The summed E-state index contributed by atoms with van der Waals surface area (Å²) in [5.74, 6) is 0.576. The Balaban J connectivity index is 2.16. The number of halogens is 1. The number of rotatable bonds is 8. The van der Waals surface area contributed by atoms with Gasteiger partial charge in [-0.2, -0.15) is 0 Å². The van der Waals surface area contributed by atoms with Crippen LogP contribution in [0.15, 0.2) is 41.4 Å². The third kappa shape index (κ3) is 6.23. The van der Waals surface area contributed by atoms with E-state index >= 15 is 0 Å². The summed E-state index contributed by atoms with van der Waals surface area (Å²) in [6, 6.07) is 10.3. The molecule has 1 nitrogen and oxygen atoms in total. The molecule has 0 saturated carbocycles. The first-order chi connectivity index (χ1) is 8.76. The second kappa shape index (κ2) is 9.18. The fourth-order valence-electron chi connectivity index (χ4n) is 1.78. The van der Waals surface area contributed by atoms with Crippen molar-refractivity contribution in [3.8, 4) is 0 Å². The fourth-order valence-corrected chi connectivity index (χ4v) is 2.04. The summed E-state index contributed by atoms with van der Waals surface area (Å²) in [4.78, 5) is 0. The van der Waals surface area contributed by atoms with Crippen LogP contribution in [0.2, 0.25) is 0 Å². The Hall–Kier alpha value is -0.790. The highest BCUT2D eigenvalue weighted by Gasteiger charge is 2.04. The minimum atomic E-state index is 0.576. The van der Waals surface area contributed by atoms with Crippen molar-refractivity contribution in [1.82, 2.24) is 0 Å². The molecule has 1 atom stereocenters. The van der Waals surface area contributed by atoms with Crippen molar-refractivity contribution in [3.05, 3.63) is 47.0 Å². The fraction of sp³-hybridized carbons (Fsp3) is 0.500. The van der Waals surface area contributed by atoms with E-state index in [1.54, 1.807) is 5.54 Å². The minimum Gasteiger partial charge on any atom is -0.376 e. The molecule has 0 amide bonds. The zero-order valence-corrected chi connectivity index (χ0v) is 12.1. The average Bonchev–Trinajstić information content (AvgIpc) is 2.41. The van der Waals surface area contributed by atoms with E-state index < -0.39 is 0 Å². The Kier molecular flexibility index (Phi) is 7.79. The molecule has 1 aromatic rings. The number of ether oxygens (including phenoxy) is 1. The second-order valence-electron chi connectivity index (χ2n) is 4.77. The molecule has 0 bridgehead atoms. The third-order valence-corrected chi connectivity index (χ3v) is 3.39. The first-order valence-electron chi connectivity index (χ1n) is 6.66. The summed E-state index contributed by atoms with van der Waals surface area (Å²) < 4.78 is 5.73. The highest BCUT2D eigenvalue weighted by atomic mass is 35.5. The van der Waals surface area contributed by atoms with Crippen LogP contribution in [0.1, 0.15) is 38.7 Å². The van der Waals surface area contributed by atoms with Crippen LogP contribution in [0.25, 0.3) is 0 Å². The zero-order chi connectivity index (χ0) is 13.2. The molecular formula is C16H23ClO. The van der Waals surface area contributed by atoms with Crippen LogP contribution in [0.4, 0.5) is 0 Å². The minimum absolute atomic E-state index is 0.576. The van der Waals surface area contributed by atoms with Gasteiger partial charge in [-0.3, -0.25) is 0 Å². The smallest absolute Gasteiger partial charge is 0.0717 e. The van der Waals surface area contributed by atoms with Crippen molar-refractivity contribution in [2.45, 2.75) is 39.7 Å². The number of hydrogen-bond acceptors (Lipinski definition) is 1. The van der Waals surface area contributed by atoms with Gasteiger partial charge in [0.1, 0.15) is 0 Å². The van der Waals surface area contributed by atoms with Gasteiger partial charge in [0, 0.05) is 12.1 Å². The molecule has 0 heterocycles. The molecule has 0 N–H and O–H groups in total. The predicted molar refractivity (Wildman–Crippen MR) is 78.7 cm³/mol. The molecule has 0 spiro atoms. The first kappa shape index (κ1) is 15.3. The molecule has 0 aliphatic carbocycles. The van der Waals surface area contributed by atoms with Gasteiger partial charge in [0.05, 0.1) is 6.61 Å². The van der Waals surface area contributed by atoms with Gasteiger partial charge in [0.2, 0.25) is 0 Å². The monoisotopic (exact) mass is 266 g/mol. The maximum Gasteiger partial charge on any atom is 0.0717 e. The van der Waals surface area contributed by atoms with Gasteiger partial charge < -0.3 is 4.74 Å². The van der Waals surface area contributed by atoms with E-state index in [4.69, 9.17) is 16.3 Å². The van der Waals surface area contributed by atoms with Gasteiger partial charge in [-0.1, -0.05) is 61.4 Å². The lowest BCUT2D eigenvalue weighted by Crippen LogP contribution is -2.06. The lowest BCUT2D eigenvalue weighted by Gasteiger charge is -2.12. The Morgan fingerprint density at radius 1 is 1.33 bits per heavy atom. The van der Waals surface area contributed by atoms with Crippen molar-refractivity contribution in [2.24, 2.45) is 5.92 Å². The van der Waals surface area contributed by atoms with Gasteiger partial charge in [-0.05, 0) is 30.7 Å². The van der Waals surface area contributed by atoms with Gasteiger partial charge in [0.25, 0.3) is 0 Å². The quantitative estimate of drug-likeness (QED) is 0.632. The van der Waals surface area contributed by atoms with Crippen LogP contribution in [-0.2, 0) is 11.3 Å². The van der Waals surface area contributed by atoms with E-state index in [9.17, 15) is 0 Å². The molecule has 0 fully saturated rings. The Labute approximate surface area is 116 Å². The molecule has 0 radical (unpaired) electrons. The number of allylic oxidation sites excluding steroid dienone is 1. The van der Waals surface area contributed by atoms with Gasteiger partial charge >= 0.3 is 0 Å². The van der Waals surface area contributed by atoms with Gasteiger partial charge in [-0.15, -0.1) is 0 Å². The lowest BCUT2D eigenvalue weighted by molar-refractivity contribution is 0.0896. The molecule has 1 aromatic carbocycles. The summed E-state index contributed by atoms with van der Waals surface area (Å²) in [7, 11) is 0. The van der Waals surface area contributed by atoms with Crippen LogP contribution < -0.4 is 0 Å². The van der Waals surface area contributed by atoms with E-state index in [-0.39, 0.29) is 0 Å². The van der Waals surface area contributed by atoms with Crippen molar-refractivity contribution >= 4 is 11.6 Å². The molecule has 0 unspecified atom stereocenters. The Bertz CT molecular complexity index is 345. The SMILES string of the molecule is CC/C(=C\Cl)CC[C@H](C)COCc1ccccc1. The summed E-state index contributed by atoms with van der Waals surface area (Å²) in [6.07, 6.45) is 3.26. The Morgan fingerprint density at radius 2 is 2.06 bits per heavy atom. The van der Waals surface area contributed by atoms with E-state index in [1.807, 2.05) is 18.2 Å². The van der Waals surface area contributed by atoms with Crippen molar-refractivity contribution in [1.29, 1.82) is 0 Å². The van der Waals surface area contributed by atoms with Gasteiger partial charge in [0.15, 0.2) is 0 Å². The second-order valence-corrected chi connectivity index (χ2v) is 4.98. The van der Waals surface area contributed by atoms with Crippen LogP contribution in [-0.4, -0.2) is 6.61 Å². The molecular weight excluding hydrogens is 244 g/mol. The van der Waals surface area contributed by atoms with E-state index in [0.717, 1.165) is 25.9 Å². The predicted octanol–water partition coefficient (Wildman–Crippen LogP) is 5.15. The Morgan fingerprint density at radius 3 is 2.67 bits per heavy atom. The molecule has 2 heteroatoms. The molecule has 0 aliphatic rings. The van der Waals surface area contributed by atoms with Crippen LogP contribution >= 0.6 is 11.6 Å². The third-order valence-electron chi connectivity index (χ3n) is 3.08. The van der Waals surface area contributed by atoms with E-state index in [2.05, 4.69) is 26.0 Å². The molecule has 18 heavy (non-hydrogen) atoms. The molecule has 0 saturated heterocycles. The van der Waals surface area contributed by atoms with Crippen molar-refractivity contribution in [3.63, 3.8) is 0 Å². The zero-order valence-electron chi connectivity index (χ0n) is 11.4. The summed E-state index contributed by atoms with van der Waals surface area (Å²) in [6.45, 7) is 5.89. The normalized spacial score (nSPS) is 13.6. The highest BCUT2D eigenvalue weighted by molar-refractivity contribution is 6.25. The number of hydrogen-bond donors (Lipinski definition) is 0. The summed E-state index contributed by atoms with van der Waals surface area (Å²) in [5.41, 5.74) is 4.28. The maximum absolute atomic E-state index is 5.74. The molecule has 100 valence electrons. The van der Waals surface area contributed by atoms with E-state index in [0.29, 0.717) is 12.5 Å². The van der Waals surface area contributed by atoms with Gasteiger partial charge in [-0.25, -0.2) is 0 Å². The summed E-state index contributed by atoms with van der Waals surface area (Å²) >= 11 is 5.74. The molecule has 0 aromatic heterocycles. The van der Waals surface area contributed by atoms with Crippen LogP contribution in [0.3, 0.4) is 0 Å². The first-order valence-corrected chi connectivity index (χ1v) is 7.09. The number of benzene rings is 1.